The van der Waals surface area contributed by atoms with Crippen molar-refractivity contribution in [1.29, 1.82) is 0 Å². The van der Waals surface area contributed by atoms with Gasteiger partial charge in [-0.05, 0) is 50.6 Å². The molecule has 0 N–H and O–H groups in total. The molecular weight excluding hydrogens is 314 g/mol. The fourth-order valence-corrected chi connectivity index (χ4v) is 1.25. The van der Waals surface area contributed by atoms with Crippen LogP contribution in [0.2, 0.25) is 5.02 Å². The average Bonchev–Trinajstić information content (AvgIpc) is 2.08. The van der Waals surface area contributed by atoms with Crippen molar-refractivity contribution in [3.63, 3.8) is 0 Å². The van der Waals surface area contributed by atoms with Gasteiger partial charge in [-0.3, -0.25) is 0 Å². The molecular formula is C6H3BrClI. The third kappa shape index (κ3) is 1.82. The fourth-order valence-electron chi connectivity index (χ4n) is 0.347. The minimum atomic E-state index is -0.132. The lowest BCUT2D eigenvalue weighted by molar-refractivity contribution is 1.59. The highest BCUT2D eigenvalue weighted by Gasteiger charge is 1.97. The molecule has 0 saturated carbocycles. The largest absolute Gasteiger partial charge is 0.0831 e. The second-order valence-electron chi connectivity index (χ2n) is 1.32. The molecule has 0 radical (unpaired) electrons. The van der Waals surface area contributed by atoms with Gasteiger partial charge in [0.2, 0.25) is 0 Å². The second kappa shape index (κ2) is 3.21. The predicted octanol–water partition coefficient (Wildman–Crippen LogP) is 3.71. The topological polar surface area (TPSA) is 0 Å². The van der Waals surface area contributed by atoms with Crippen molar-refractivity contribution in [3.05, 3.63) is 31.2 Å². The van der Waals surface area contributed by atoms with E-state index in [0.717, 1.165) is 0 Å². The maximum absolute atomic E-state index is 7.42. The van der Waals surface area contributed by atoms with E-state index in [1.165, 1.54) is 0 Å². The van der Waals surface area contributed by atoms with Gasteiger partial charge in [0.1, 0.15) is 0 Å². The first-order valence-electron chi connectivity index (χ1n) is 3.57. The fraction of sp³-hybridized carbons (Fsp3) is 0. The molecule has 0 heterocycles. The van der Waals surface area contributed by atoms with Crippen LogP contribution in [0, 0.1) is 3.57 Å². The van der Waals surface area contributed by atoms with Crippen molar-refractivity contribution in [3.8, 4) is 0 Å². The van der Waals surface area contributed by atoms with Gasteiger partial charge in [-0.1, -0.05) is 17.6 Å². The highest BCUT2D eigenvalue weighted by molar-refractivity contribution is 14.1. The van der Waals surface area contributed by atoms with E-state index in [-0.39, 0.29) is 23.1 Å². The van der Waals surface area contributed by atoms with Crippen LogP contribution in [-0.4, -0.2) is 0 Å². The first-order valence-corrected chi connectivity index (χ1v) is 4.32. The average molecular weight is 320 g/mol. The predicted molar refractivity (Wildman–Crippen MR) is 51.9 cm³/mol. The first-order chi connectivity index (χ1) is 5.46. The molecule has 0 aromatic heterocycles. The highest BCUT2D eigenvalue weighted by Crippen LogP contribution is 2.26. The van der Waals surface area contributed by atoms with Crippen molar-refractivity contribution in [2.45, 2.75) is 0 Å². The molecule has 48 valence electrons. The number of rotatable bonds is 0. The second-order valence-corrected chi connectivity index (χ2v) is 3.57. The summed E-state index contributed by atoms with van der Waals surface area (Å²) in [6.45, 7) is 0. The summed E-state index contributed by atoms with van der Waals surface area (Å²) in [7, 11) is 0. The van der Waals surface area contributed by atoms with Crippen LogP contribution in [0.4, 0.5) is 0 Å². The third-order valence-corrected chi connectivity index (χ3v) is 3.58. The van der Waals surface area contributed by atoms with Crippen LogP contribution in [0.25, 0.3) is 0 Å². The quantitative estimate of drug-likeness (QED) is 0.505. The summed E-state index contributed by atoms with van der Waals surface area (Å²) in [5.41, 5.74) is 0. The molecule has 0 nitrogen and oxygen atoms in total. The van der Waals surface area contributed by atoms with Crippen LogP contribution >= 0.6 is 50.1 Å². The van der Waals surface area contributed by atoms with E-state index in [2.05, 4.69) is 15.9 Å². The summed E-state index contributed by atoms with van der Waals surface area (Å²) in [5.74, 6) is 0. The zero-order valence-electron chi connectivity index (χ0n) is 7.13. The molecule has 0 aliphatic heterocycles. The summed E-state index contributed by atoms with van der Waals surface area (Å²) < 4.78 is 23.2. The van der Waals surface area contributed by atoms with Crippen molar-refractivity contribution in [2.75, 3.05) is 0 Å². The Bertz CT molecular complexity index is 237. The van der Waals surface area contributed by atoms with E-state index in [9.17, 15) is 0 Å². The van der Waals surface area contributed by atoms with E-state index in [4.69, 9.17) is 15.7 Å². The van der Waals surface area contributed by atoms with Gasteiger partial charge in [0.05, 0.1) is 9.13 Å². The Labute approximate surface area is 85.1 Å². The van der Waals surface area contributed by atoms with Gasteiger partial charge in [-0.15, -0.1) is 0 Å². The van der Waals surface area contributed by atoms with Gasteiger partial charge in [0.25, 0.3) is 0 Å². The molecule has 0 saturated heterocycles. The van der Waals surface area contributed by atoms with Crippen LogP contribution in [0.5, 0.6) is 0 Å². The van der Waals surface area contributed by atoms with Crippen LogP contribution < -0.4 is 0 Å². The van der Waals surface area contributed by atoms with Crippen molar-refractivity contribution in [2.24, 2.45) is 0 Å². The summed E-state index contributed by atoms with van der Waals surface area (Å²) in [5, 5.41) is 0.195. The lowest BCUT2D eigenvalue weighted by atomic mass is 10.4. The third-order valence-electron chi connectivity index (χ3n) is 0.730. The molecule has 0 bridgehead atoms. The molecule has 1 aromatic rings. The van der Waals surface area contributed by atoms with Gasteiger partial charge in [0.15, 0.2) is 0 Å². The first kappa shape index (κ1) is 4.57. The molecule has 1 rings (SSSR count). The lowest BCUT2D eigenvalue weighted by Crippen LogP contribution is -1.72. The maximum atomic E-state index is 7.42. The highest BCUT2D eigenvalue weighted by atomic mass is 127. The monoisotopic (exact) mass is 319 g/mol. The molecule has 0 fully saturated rings. The molecule has 0 amide bonds. The van der Waals surface area contributed by atoms with E-state index in [1.54, 1.807) is 0 Å². The Hall–Kier alpha value is 0.720. The molecule has 0 atom stereocenters. The van der Waals surface area contributed by atoms with E-state index in [0.29, 0.717) is 8.04 Å². The minimum Gasteiger partial charge on any atom is -0.0831 e. The Balaban J connectivity index is 3.60. The van der Waals surface area contributed by atoms with Gasteiger partial charge in [-0.25, -0.2) is 0 Å². The van der Waals surface area contributed by atoms with Gasteiger partial charge in [-0.2, -0.15) is 0 Å². The Morgan fingerprint density at radius 1 is 1.67 bits per heavy atom. The van der Waals surface area contributed by atoms with Crippen molar-refractivity contribution < 1.29 is 4.11 Å². The van der Waals surface area contributed by atoms with E-state index < -0.39 is 0 Å². The number of hydrogen-bond donors (Lipinski definition) is 0. The summed E-state index contributed by atoms with van der Waals surface area (Å²) >= 11 is 10.8. The molecule has 0 spiro atoms. The number of hydrogen-bond acceptors (Lipinski definition) is 0. The van der Waals surface area contributed by atoms with E-state index >= 15 is 0 Å². The lowest BCUT2D eigenvalue weighted by Gasteiger charge is -1.95. The maximum Gasteiger partial charge on any atom is 0.0639 e. The van der Waals surface area contributed by atoms with Gasteiger partial charge in [0, 0.05) is 8.04 Å². The van der Waals surface area contributed by atoms with Crippen LogP contribution in [0.1, 0.15) is 4.11 Å². The molecule has 9 heavy (non-hydrogen) atoms. The summed E-state index contributed by atoms with van der Waals surface area (Å²) in [4.78, 5) is 0. The molecule has 1 aromatic carbocycles. The Kier molecular flexibility index (Phi) is 1.63. The minimum absolute atomic E-state index is 0.0388. The van der Waals surface area contributed by atoms with Gasteiger partial charge >= 0.3 is 0 Å². The van der Waals surface area contributed by atoms with Gasteiger partial charge < -0.3 is 0 Å². The zero-order chi connectivity index (χ0) is 9.46. The van der Waals surface area contributed by atoms with Crippen LogP contribution in [-0.2, 0) is 0 Å². The molecule has 0 unspecified atom stereocenters. The SMILES string of the molecule is [2H]c1c([2H])c(Cl)c(Br)c(I)c1[2H]. The summed E-state index contributed by atoms with van der Waals surface area (Å²) in [6.07, 6.45) is 0. The molecule has 0 aliphatic rings. The van der Waals surface area contributed by atoms with Crippen LogP contribution in [0.3, 0.4) is 0 Å². The molecule has 0 aliphatic carbocycles. The van der Waals surface area contributed by atoms with Crippen LogP contribution in [0.15, 0.2) is 22.6 Å². The Morgan fingerprint density at radius 3 is 3.00 bits per heavy atom. The van der Waals surface area contributed by atoms with Crippen molar-refractivity contribution >= 4 is 50.1 Å². The number of halogens is 3. The zero-order valence-corrected chi connectivity index (χ0v) is 8.63. The molecule has 3 heteroatoms. The smallest absolute Gasteiger partial charge is 0.0639 e. The van der Waals surface area contributed by atoms with E-state index in [1.807, 2.05) is 22.6 Å². The standard InChI is InChI=1S/C6H3BrClI/c7-6-4(8)2-1-3-5(6)9/h1-3H/i1D,2D,3D. The number of benzene rings is 1. The Morgan fingerprint density at radius 2 is 2.33 bits per heavy atom. The normalized spacial score (nSPS) is 14.3. The summed E-state index contributed by atoms with van der Waals surface area (Å²) in [6, 6.07) is -0.196. The van der Waals surface area contributed by atoms with Crippen molar-refractivity contribution in [1.82, 2.24) is 0 Å².